The zero-order valence-electron chi connectivity index (χ0n) is 12.8. The van der Waals surface area contributed by atoms with E-state index in [1.165, 1.54) is 0 Å². The van der Waals surface area contributed by atoms with Crippen LogP contribution in [0.4, 0.5) is 0 Å². The van der Waals surface area contributed by atoms with Crippen LogP contribution in [0.5, 0.6) is 11.5 Å². The Morgan fingerprint density at radius 1 is 1.09 bits per heavy atom. The van der Waals surface area contributed by atoms with Crippen LogP contribution in [0.2, 0.25) is 0 Å². The predicted octanol–water partition coefficient (Wildman–Crippen LogP) is 3.55. The van der Waals surface area contributed by atoms with Crippen molar-refractivity contribution < 1.29 is 14.2 Å². The lowest BCUT2D eigenvalue weighted by atomic mass is 10.2. The molecule has 0 fully saturated rings. The van der Waals surface area contributed by atoms with Gasteiger partial charge in [-0.2, -0.15) is 5.26 Å². The van der Waals surface area contributed by atoms with Crippen molar-refractivity contribution in [2.24, 2.45) is 0 Å². The molecule has 1 unspecified atom stereocenters. The van der Waals surface area contributed by atoms with E-state index in [1.54, 1.807) is 25.3 Å². The quantitative estimate of drug-likeness (QED) is 0.784. The first-order chi connectivity index (χ1) is 10.7. The Hall–Kier alpha value is -2.51. The summed E-state index contributed by atoms with van der Waals surface area (Å²) in [6.07, 6.45) is -0.0964. The molecular formula is C18H19NO3. The number of methoxy groups -OCH3 is 1. The summed E-state index contributed by atoms with van der Waals surface area (Å²) in [6.45, 7) is 2.84. The molecule has 2 rings (SSSR count). The zero-order valence-corrected chi connectivity index (χ0v) is 12.8. The van der Waals surface area contributed by atoms with Gasteiger partial charge in [-0.3, -0.25) is 0 Å². The molecule has 0 saturated carbocycles. The molecule has 4 nitrogen and oxygen atoms in total. The molecule has 0 amide bonds. The van der Waals surface area contributed by atoms with E-state index in [0.717, 1.165) is 5.56 Å². The van der Waals surface area contributed by atoms with Crippen molar-refractivity contribution in [2.75, 3.05) is 13.7 Å². The Bertz CT molecular complexity index is 635. The summed E-state index contributed by atoms with van der Waals surface area (Å²) >= 11 is 0. The summed E-state index contributed by atoms with van der Waals surface area (Å²) in [7, 11) is 1.62. The molecule has 0 aliphatic carbocycles. The number of rotatable bonds is 7. The molecule has 0 spiro atoms. The number of nitrogens with zero attached hydrogens (tertiary/aromatic N) is 1. The Kier molecular flexibility index (Phi) is 5.81. The van der Waals surface area contributed by atoms with Crippen LogP contribution in [0.3, 0.4) is 0 Å². The van der Waals surface area contributed by atoms with Crippen molar-refractivity contribution in [1.82, 2.24) is 0 Å². The van der Waals surface area contributed by atoms with Crippen LogP contribution in [-0.2, 0) is 11.3 Å². The third kappa shape index (κ3) is 4.80. The molecule has 0 N–H and O–H groups in total. The van der Waals surface area contributed by atoms with Gasteiger partial charge in [-0.15, -0.1) is 0 Å². The third-order valence-corrected chi connectivity index (χ3v) is 3.00. The van der Waals surface area contributed by atoms with E-state index in [1.807, 2.05) is 37.3 Å². The van der Waals surface area contributed by atoms with Gasteiger partial charge in [0.05, 0.1) is 18.2 Å². The van der Waals surface area contributed by atoms with Gasteiger partial charge in [-0.25, -0.2) is 0 Å². The second-order valence-electron chi connectivity index (χ2n) is 4.96. The molecule has 2 aromatic carbocycles. The van der Waals surface area contributed by atoms with Crippen molar-refractivity contribution in [3.8, 4) is 17.6 Å². The van der Waals surface area contributed by atoms with E-state index in [9.17, 15) is 0 Å². The topological polar surface area (TPSA) is 51.5 Å². The largest absolute Gasteiger partial charge is 0.489 e. The summed E-state index contributed by atoms with van der Waals surface area (Å²) in [5.74, 6) is 1.22. The second kappa shape index (κ2) is 8.06. The van der Waals surface area contributed by atoms with E-state index in [4.69, 9.17) is 19.5 Å². The molecular weight excluding hydrogens is 278 g/mol. The van der Waals surface area contributed by atoms with Crippen molar-refractivity contribution in [3.63, 3.8) is 0 Å². The van der Waals surface area contributed by atoms with Crippen LogP contribution in [0, 0.1) is 11.3 Å². The van der Waals surface area contributed by atoms with Gasteiger partial charge >= 0.3 is 0 Å². The molecule has 2 aromatic rings. The fraction of sp³-hybridized carbons (Fsp3) is 0.278. The minimum Gasteiger partial charge on any atom is -0.489 e. The molecule has 0 radical (unpaired) electrons. The Balaban J connectivity index is 2.08. The number of hydrogen-bond acceptors (Lipinski definition) is 4. The van der Waals surface area contributed by atoms with Gasteiger partial charge in [0.25, 0.3) is 0 Å². The van der Waals surface area contributed by atoms with Crippen LogP contribution in [0.1, 0.15) is 18.1 Å². The second-order valence-corrected chi connectivity index (χ2v) is 4.96. The smallest absolute Gasteiger partial charge is 0.124 e. The van der Waals surface area contributed by atoms with Crippen molar-refractivity contribution >= 4 is 0 Å². The standard InChI is InChI=1S/C18H19NO3/c1-14(12-20-2)22-18-9-16(11-19)8-17(10-18)21-13-15-6-4-3-5-7-15/h3-10,14H,12-13H2,1-2H3. The molecule has 1 atom stereocenters. The first-order valence-corrected chi connectivity index (χ1v) is 7.09. The van der Waals surface area contributed by atoms with E-state index < -0.39 is 0 Å². The number of ether oxygens (including phenoxy) is 3. The highest BCUT2D eigenvalue weighted by Gasteiger charge is 2.07. The fourth-order valence-corrected chi connectivity index (χ4v) is 2.03. The normalized spacial score (nSPS) is 11.5. The summed E-state index contributed by atoms with van der Waals surface area (Å²) in [4.78, 5) is 0. The van der Waals surface area contributed by atoms with Gasteiger partial charge in [0, 0.05) is 13.2 Å². The highest BCUT2D eigenvalue weighted by molar-refractivity contribution is 5.44. The zero-order chi connectivity index (χ0) is 15.8. The summed E-state index contributed by atoms with van der Waals surface area (Å²) in [5, 5.41) is 9.12. The van der Waals surface area contributed by atoms with Gasteiger partial charge < -0.3 is 14.2 Å². The maximum atomic E-state index is 9.12. The minimum absolute atomic E-state index is 0.0964. The molecule has 0 heterocycles. The monoisotopic (exact) mass is 297 g/mol. The molecule has 4 heteroatoms. The molecule has 0 aliphatic heterocycles. The lowest BCUT2D eigenvalue weighted by molar-refractivity contribution is 0.0918. The van der Waals surface area contributed by atoms with Gasteiger partial charge in [-0.05, 0) is 24.6 Å². The molecule has 0 saturated heterocycles. The van der Waals surface area contributed by atoms with Gasteiger partial charge in [0.2, 0.25) is 0 Å². The lowest BCUT2D eigenvalue weighted by Crippen LogP contribution is -2.18. The van der Waals surface area contributed by atoms with Crippen LogP contribution in [0.25, 0.3) is 0 Å². The maximum absolute atomic E-state index is 9.12. The van der Waals surface area contributed by atoms with Crippen molar-refractivity contribution in [1.29, 1.82) is 5.26 Å². The number of nitriles is 1. The molecule has 0 aromatic heterocycles. The van der Waals surface area contributed by atoms with Crippen LogP contribution < -0.4 is 9.47 Å². The van der Waals surface area contributed by atoms with Crippen LogP contribution in [-0.4, -0.2) is 19.8 Å². The van der Waals surface area contributed by atoms with Gasteiger partial charge in [0.1, 0.15) is 24.2 Å². The number of hydrogen-bond donors (Lipinski definition) is 0. The van der Waals surface area contributed by atoms with E-state index in [2.05, 4.69) is 6.07 Å². The first-order valence-electron chi connectivity index (χ1n) is 7.09. The van der Waals surface area contributed by atoms with Gasteiger partial charge in [-0.1, -0.05) is 30.3 Å². The maximum Gasteiger partial charge on any atom is 0.124 e. The summed E-state index contributed by atoms with van der Waals surface area (Å²) in [5.41, 5.74) is 1.57. The highest BCUT2D eigenvalue weighted by Crippen LogP contribution is 2.24. The first kappa shape index (κ1) is 15.9. The van der Waals surface area contributed by atoms with Crippen molar-refractivity contribution in [3.05, 3.63) is 59.7 Å². The van der Waals surface area contributed by atoms with Crippen LogP contribution in [0.15, 0.2) is 48.5 Å². The van der Waals surface area contributed by atoms with Gasteiger partial charge in [0.15, 0.2) is 0 Å². The number of benzene rings is 2. The van der Waals surface area contributed by atoms with Crippen molar-refractivity contribution in [2.45, 2.75) is 19.6 Å². The van der Waals surface area contributed by atoms with E-state index in [0.29, 0.717) is 30.3 Å². The Morgan fingerprint density at radius 2 is 1.82 bits per heavy atom. The van der Waals surface area contributed by atoms with E-state index >= 15 is 0 Å². The third-order valence-electron chi connectivity index (χ3n) is 3.00. The Labute approximate surface area is 130 Å². The Morgan fingerprint density at radius 3 is 2.50 bits per heavy atom. The SMILES string of the molecule is COCC(C)Oc1cc(C#N)cc(OCc2ccccc2)c1. The van der Waals surface area contributed by atoms with E-state index in [-0.39, 0.29) is 6.10 Å². The average molecular weight is 297 g/mol. The highest BCUT2D eigenvalue weighted by atomic mass is 16.5. The fourth-order valence-electron chi connectivity index (χ4n) is 2.03. The average Bonchev–Trinajstić information content (AvgIpc) is 2.54. The summed E-state index contributed by atoms with van der Waals surface area (Å²) < 4.78 is 16.5. The summed E-state index contributed by atoms with van der Waals surface area (Å²) in [6, 6.07) is 17.2. The lowest BCUT2D eigenvalue weighted by Gasteiger charge is -2.15. The molecule has 114 valence electrons. The predicted molar refractivity (Wildman–Crippen MR) is 83.9 cm³/mol. The molecule has 22 heavy (non-hydrogen) atoms. The molecule has 0 bridgehead atoms. The van der Waals surface area contributed by atoms with Crippen LogP contribution >= 0.6 is 0 Å². The molecule has 0 aliphatic rings. The minimum atomic E-state index is -0.0964.